The SMILES string of the molecule is CC[N+](CC)(CC)CC.C[N+](C)(C#P=O)CCO. The molecule has 0 aromatic heterocycles. The van der Waals surface area contributed by atoms with Crippen LogP contribution >= 0.6 is 7.92 Å². The molecule has 0 unspecified atom stereocenters. The maximum atomic E-state index is 9.98. The van der Waals surface area contributed by atoms with Crippen LogP contribution in [0, 0.1) is 5.75 Å². The summed E-state index contributed by atoms with van der Waals surface area (Å²) in [6.07, 6.45) is 0. The monoisotopic (exact) mass is 278 g/mol. The Morgan fingerprint density at radius 3 is 1.56 bits per heavy atom. The summed E-state index contributed by atoms with van der Waals surface area (Å²) >= 11 is 0. The Bertz CT molecular complexity index is 278. The Kier molecular flexibility index (Phi) is 12.1. The summed E-state index contributed by atoms with van der Waals surface area (Å²) in [5.41, 5.74) is 0. The fraction of sp³-hybridized carbons (Fsp3) is 0.923. The van der Waals surface area contributed by atoms with Crippen molar-refractivity contribution in [3.05, 3.63) is 0 Å². The number of aliphatic hydroxyl groups excluding tert-OH is 1. The molecule has 108 valence electrons. The predicted octanol–water partition coefficient (Wildman–Crippen LogP) is 2.15. The zero-order valence-corrected chi connectivity index (χ0v) is 13.8. The number of nitrogens with zero attached hydrogens (tertiary/aromatic N) is 2. The Labute approximate surface area is 114 Å². The van der Waals surface area contributed by atoms with E-state index in [9.17, 15) is 4.57 Å². The van der Waals surface area contributed by atoms with Gasteiger partial charge in [0.15, 0.2) is 0 Å². The molecule has 4 nitrogen and oxygen atoms in total. The number of hydrogen-bond acceptors (Lipinski definition) is 2. The summed E-state index contributed by atoms with van der Waals surface area (Å²) in [4.78, 5) is 0. The number of rotatable bonds is 6. The maximum absolute atomic E-state index is 9.98. The van der Waals surface area contributed by atoms with Crippen molar-refractivity contribution in [1.29, 1.82) is 0 Å². The van der Waals surface area contributed by atoms with Gasteiger partial charge in [-0.3, -0.25) is 0 Å². The Morgan fingerprint density at radius 1 is 1.00 bits per heavy atom. The molecule has 0 saturated heterocycles. The molecule has 0 radical (unpaired) electrons. The van der Waals surface area contributed by atoms with Gasteiger partial charge in [-0.2, -0.15) is 0 Å². The predicted molar refractivity (Wildman–Crippen MR) is 78.0 cm³/mol. The molecule has 18 heavy (non-hydrogen) atoms. The van der Waals surface area contributed by atoms with Gasteiger partial charge < -0.3 is 4.48 Å². The van der Waals surface area contributed by atoms with Crippen LogP contribution in [-0.2, 0) is 4.57 Å². The molecule has 1 N–H and O–H groups in total. The quantitative estimate of drug-likeness (QED) is 0.597. The molecule has 0 saturated carbocycles. The van der Waals surface area contributed by atoms with Gasteiger partial charge in [-0.25, -0.2) is 0 Å². The Balaban J connectivity index is 0. The standard InChI is InChI=1S/C8H20N.C5H11NO2P/c1-5-9(6-2,7-3)8-4;1-6(2,3-4-7)5-9-8/h5-8H2,1-4H3;7H,3-4H2,1-2H3/q2*+1. The van der Waals surface area contributed by atoms with Crippen molar-refractivity contribution in [2.75, 3.05) is 53.4 Å². The van der Waals surface area contributed by atoms with E-state index in [1.54, 1.807) is 0 Å². The normalized spacial score (nSPS) is 11.3. The first-order chi connectivity index (χ1) is 8.36. The summed E-state index contributed by atoms with van der Waals surface area (Å²) < 4.78 is 11.6. The van der Waals surface area contributed by atoms with E-state index in [0.717, 1.165) is 0 Å². The molecule has 0 rings (SSSR count). The molecular weight excluding hydrogens is 247 g/mol. The van der Waals surface area contributed by atoms with Gasteiger partial charge in [0, 0.05) is 0 Å². The van der Waals surface area contributed by atoms with Gasteiger partial charge in [-0.05, 0) is 27.7 Å². The van der Waals surface area contributed by atoms with E-state index in [0.29, 0.717) is 11.0 Å². The van der Waals surface area contributed by atoms with Crippen molar-refractivity contribution in [2.24, 2.45) is 0 Å². The number of hydrogen-bond donors (Lipinski definition) is 1. The van der Waals surface area contributed by atoms with Crippen LogP contribution in [0.4, 0.5) is 0 Å². The molecular formula is C13H31N2O2P+2. The topological polar surface area (TPSA) is 37.3 Å². The average Bonchev–Trinajstić information content (AvgIpc) is 2.33. The van der Waals surface area contributed by atoms with Crippen LogP contribution < -0.4 is 0 Å². The van der Waals surface area contributed by atoms with Gasteiger partial charge in [-0.15, -0.1) is 0 Å². The van der Waals surface area contributed by atoms with Gasteiger partial charge in [-0.1, -0.05) is 0 Å². The molecule has 0 bridgehead atoms. The van der Waals surface area contributed by atoms with E-state index in [-0.39, 0.29) is 14.5 Å². The zero-order chi connectivity index (χ0) is 14.7. The van der Waals surface area contributed by atoms with Crippen molar-refractivity contribution in [2.45, 2.75) is 27.7 Å². The van der Waals surface area contributed by atoms with Crippen molar-refractivity contribution in [3.63, 3.8) is 0 Å². The van der Waals surface area contributed by atoms with E-state index >= 15 is 0 Å². The van der Waals surface area contributed by atoms with Crippen molar-refractivity contribution < 1.29 is 18.6 Å². The van der Waals surface area contributed by atoms with Crippen LogP contribution in [0.5, 0.6) is 0 Å². The summed E-state index contributed by atoms with van der Waals surface area (Å²) in [6.45, 7) is 14.9. The number of aliphatic hydroxyl groups is 1. The first-order valence-corrected chi connectivity index (χ1v) is 7.56. The van der Waals surface area contributed by atoms with Gasteiger partial charge in [0.25, 0.3) is 0 Å². The second kappa shape index (κ2) is 10.8. The van der Waals surface area contributed by atoms with E-state index in [4.69, 9.17) is 5.11 Å². The summed E-state index contributed by atoms with van der Waals surface area (Å²) in [5.74, 6) is 2.62. The molecule has 0 amide bonds. The summed E-state index contributed by atoms with van der Waals surface area (Å²) in [7, 11) is 3.54. The van der Waals surface area contributed by atoms with Crippen molar-refractivity contribution in [3.8, 4) is 5.75 Å². The van der Waals surface area contributed by atoms with Crippen LogP contribution in [-0.4, -0.2) is 67.5 Å². The molecule has 0 heterocycles. The van der Waals surface area contributed by atoms with Gasteiger partial charge in [0.2, 0.25) is 0 Å². The summed E-state index contributed by atoms with van der Waals surface area (Å²) in [6, 6.07) is 0. The molecule has 0 aliphatic carbocycles. The second-order valence-electron chi connectivity index (χ2n) is 4.93. The zero-order valence-electron chi connectivity index (χ0n) is 12.9. The van der Waals surface area contributed by atoms with E-state index in [1.807, 2.05) is 14.1 Å². The fourth-order valence-corrected chi connectivity index (χ4v) is 2.07. The van der Waals surface area contributed by atoms with Crippen LogP contribution in [0.25, 0.3) is 0 Å². The molecule has 0 aliphatic rings. The van der Waals surface area contributed by atoms with Gasteiger partial charge in [0.05, 0.1) is 26.2 Å². The van der Waals surface area contributed by atoms with Crippen molar-refractivity contribution >= 4 is 7.92 Å². The number of quaternary nitrogens is 2. The van der Waals surface area contributed by atoms with Crippen LogP contribution in [0.2, 0.25) is 0 Å². The van der Waals surface area contributed by atoms with E-state index in [1.165, 1.54) is 30.7 Å². The second-order valence-corrected chi connectivity index (χ2v) is 5.31. The molecule has 0 atom stereocenters. The van der Waals surface area contributed by atoms with Crippen molar-refractivity contribution in [1.82, 2.24) is 0 Å². The van der Waals surface area contributed by atoms with Gasteiger partial charge in [0.1, 0.15) is 0 Å². The van der Waals surface area contributed by atoms with Crippen LogP contribution in [0.1, 0.15) is 27.7 Å². The molecule has 5 heteroatoms. The third kappa shape index (κ3) is 8.91. The molecule has 0 aromatic carbocycles. The molecule has 0 aliphatic heterocycles. The number of likely N-dealkylation sites (N-methyl/N-ethyl adjacent to an activating group) is 1. The van der Waals surface area contributed by atoms with E-state index in [2.05, 4.69) is 33.4 Å². The summed E-state index contributed by atoms with van der Waals surface area (Å²) in [5, 5.41) is 8.47. The minimum atomic E-state index is -0.105. The third-order valence-electron chi connectivity index (χ3n) is 3.65. The Hall–Kier alpha value is -0.110. The molecule has 0 aromatic rings. The molecule has 0 spiro atoms. The molecule has 0 fully saturated rings. The van der Waals surface area contributed by atoms with Crippen LogP contribution in [0.15, 0.2) is 0 Å². The first-order valence-electron chi connectivity index (χ1n) is 6.75. The third-order valence-corrected chi connectivity index (χ3v) is 4.28. The first kappa shape index (κ1) is 20.2. The fourth-order valence-electron chi connectivity index (χ4n) is 1.75. The average molecular weight is 278 g/mol. The van der Waals surface area contributed by atoms with E-state index < -0.39 is 0 Å². The van der Waals surface area contributed by atoms with Crippen LogP contribution in [0.3, 0.4) is 0 Å². The Morgan fingerprint density at radius 2 is 1.39 bits per heavy atom. The van der Waals surface area contributed by atoms with Gasteiger partial charge >= 0.3 is 55.1 Å². The minimum absolute atomic E-state index is 0.0928.